The molecule has 4 heteroatoms. The van der Waals surface area contributed by atoms with Gasteiger partial charge < -0.3 is 5.11 Å². The van der Waals surface area contributed by atoms with E-state index in [1.54, 1.807) is 18.2 Å². The lowest BCUT2D eigenvalue weighted by atomic mass is 10.4. The highest BCUT2D eigenvalue weighted by Gasteiger charge is 2.32. The quantitative estimate of drug-likeness (QED) is 0.780. The van der Waals surface area contributed by atoms with E-state index in [-0.39, 0.29) is 4.90 Å². The first-order valence-electron chi connectivity index (χ1n) is 3.88. The van der Waals surface area contributed by atoms with Crippen LogP contribution in [0.5, 0.6) is 0 Å². The van der Waals surface area contributed by atoms with Gasteiger partial charge in [-0.1, -0.05) is 18.2 Å². The SMILES string of the molecule is CC(C)(O)S(=O)(=O)c1ccccc1. The van der Waals surface area contributed by atoms with Crippen molar-refractivity contribution >= 4 is 9.84 Å². The van der Waals surface area contributed by atoms with Crippen LogP contribution in [0.1, 0.15) is 13.8 Å². The molecule has 0 atom stereocenters. The van der Waals surface area contributed by atoms with Gasteiger partial charge in [-0.25, -0.2) is 8.42 Å². The third kappa shape index (κ3) is 1.89. The molecule has 0 aliphatic heterocycles. The summed E-state index contributed by atoms with van der Waals surface area (Å²) < 4.78 is 23.2. The van der Waals surface area contributed by atoms with Crippen LogP contribution < -0.4 is 0 Å². The van der Waals surface area contributed by atoms with Crippen molar-refractivity contribution in [1.82, 2.24) is 0 Å². The number of sulfone groups is 1. The summed E-state index contributed by atoms with van der Waals surface area (Å²) in [5.41, 5.74) is 0. The number of aliphatic hydroxyl groups is 1. The van der Waals surface area contributed by atoms with Crippen LogP contribution in [-0.2, 0) is 9.84 Å². The third-order valence-electron chi connectivity index (χ3n) is 1.71. The molecule has 1 aromatic carbocycles. The zero-order valence-corrected chi connectivity index (χ0v) is 8.38. The molecule has 0 radical (unpaired) electrons. The summed E-state index contributed by atoms with van der Waals surface area (Å²) in [5.74, 6) is 0. The van der Waals surface area contributed by atoms with Gasteiger partial charge in [0, 0.05) is 0 Å². The van der Waals surface area contributed by atoms with Crippen molar-refractivity contribution in [2.75, 3.05) is 0 Å². The second kappa shape index (κ2) is 3.12. The summed E-state index contributed by atoms with van der Waals surface area (Å²) in [7, 11) is -3.62. The van der Waals surface area contributed by atoms with Gasteiger partial charge >= 0.3 is 0 Å². The van der Waals surface area contributed by atoms with Gasteiger partial charge in [0.25, 0.3) is 0 Å². The monoisotopic (exact) mass is 200 g/mol. The predicted molar refractivity (Wildman–Crippen MR) is 49.9 cm³/mol. The van der Waals surface area contributed by atoms with E-state index in [1.807, 2.05) is 0 Å². The minimum atomic E-state index is -3.62. The molecule has 0 bridgehead atoms. The van der Waals surface area contributed by atoms with Gasteiger partial charge in [-0.2, -0.15) is 0 Å². The molecule has 0 unspecified atom stereocenters. The minimum absolute atomic E-state index is 0.141. The molecule has 1 aromatic rings. The average molecular weight is 200 g/mol. The van der Waals surface area contributed by atoms with E-state index in [0.717, 1.165) is 0 Å². The Bertz CT molecular complexity index is 373. The maximum absolute atomic E-state index is 11.6. The minimum Gasteiger partial charge on any atom is -0.374 e. The van der Waals surface area contributed by atoms with Crippen LogP contribution in [-0.4, -0.2) is 18.5 Å². The van der Waals surface area contributed by atoms with Crippen LogP contribution in [0.3, 0.4) is 0 Å². The van der Waals surface area contributed by atoms with E-state index >= 15 is 0 Å². The van der Waals surface area contributed by atoms with Gasteiger partial charge in [0.2, 0.25) is 9.84 Å². The topological polar surface area (TPSA) is 54.4 Å². The van der Waals surface area contributed by atoms with E-state index in [1.165, 1.54) is 26.0 Å². The molecule has 0 amide bonds. The summed E-state index contributed by atoms with van der Waals surface area (Å²) in [4.78, 5) is -1.59. The smallest absolute Gasteiger partial charge is 0.207 e. The molecule has 0 spiro atoms. The third-order valence-corrected chi connectivity index (χ3v) is 3.92. The Hall–Kier alpha value is -0.870. The van der Waals surface area contributed by atoms with Crippen molar-refractivity contribution in [3.8, 4) is 0 Å². The van der Waals surface area contributed by atoms with Crippen LogP contribution in [0.4, 0.5) is 0 Å². The molecule has 0 heterocycles. The highest BCUT2D eigenvalue weighted by Crippen LogP contribution is 2.21. The van der Waals surface area contributed by atoms with E-state index in [4.69, 9.17) is 0 Å². The van der Waals surface area contributed by atoms with Gasteiger partial charge in [-0.05, 0) is 26.0 Å². The average Bonchev–Trinajstić information content (AvgIpc) is 2.04. The Labute approximate surface area is 77.9 Å². The lowest BCUT2D eigenvalue weighted by Gasteiger charge is -2.17. The molecule has 0 aliphatic carbocycles. The van der Waals surface area contributed by atoms with E-state index in [2.05, 4.69) is 0 Å². The van der Waals surface area contributed by atoms with Crippen LogP contribution in [0.2, 0.25) is 0 Å². The van der Waals surface area contributed by atoms with Crippen molar-refractivity contribution in [3.63, 3.8) is 0 Å². The maximum atomic E-state index is 11.6. The predicted octanol–water partition coefficient (Wildman–Crippen LogP) is 1.19. The molecule has 13 heavy (non-hydrogen) atoms. The molecule has 1 rings (SSSR count). The maximum Gasteiger partial charge on any atom is 0.207 e. The number of hydrogen-bond acceptors (Lipinski definition) is 3. The van der Waals surface area contributed by atoms with Crippen LogP contribution in [0.25, 0.3) is 0 Å². The molecule has 1 N–H and O–H groups in total. The van der Waals surface area contributed by atoms with Gasteiger partial charge in [-0.15, -0.1) is 0 Å². The molecule has 0 saturated carbocycles. The van der Waals surface area contributed by atoms with Crippen LogP contribution in [0, 0.1) is 0 Å². The summed E-state index contributed by atoms with van der Waals surface area (Å²) in [6.07, 6.45) is 0. The van der Waals surface area contributed by atoms with E-state index in [9.17, 15) is 13.5 Å². The molecule has 0 saturated heterocycles. The Balaban J connectivity index is 3.26. The fraction of sp³-hybridized carbons (Fsp3) is 0.333. The van der Waals surface area contributed by atoms with Crippen molar-refractivity contribution in [2.24, 2.45) is 0 Å². The number of rotatable bonds is 2. The standard InChI is InChI=1S/C9H12O3S/c1-9(2,10)13(11,12)8-6-4-3-5-7-8/h3-7,10H,1-2H3. The first kappa shape index (κ1) is 10.2. The fourth-order valence-corrected chi connectivity index (χ4v) is 1.98. The van der Waals surface area contributed by atoms with Crippen molar-refractivity contribution in [1.29, 1.82) is 0 Å². The number of hydrogen-bond donors (Lipinski definition) is 1. The molecule has 0 fully saturated rings. The van der Waals surface area contributed by atoms with Gasteiger partial charge in [-0.3, -0.25) is 0 Å². The summed E-state index contributed by atoms with van der Waals surface area (Å²) in [6, 6.07) is 7.90. The Morgan fingerprint density at radius 3 is 2.00 bits per heavy atom. The Morgan fingerprint density at radius 1 is 1.15 bits per heavy atom. The van der Waals surface area contributed by atoms with E-state index in [0.29, 0.717) is 0 Å². The largest absolute Gasteiger partial charge is 0.374 e. The summed E-state index contributed by atoms with van der Waals surface area (Å²) >= 11 is 0. The molecular weight excluding hydrogens is 188 g/mol. The second-order valence-corrected chi connectivity index (χ2v) is 5.74. The zero-order valence-electron chi connectivity index (χ0n) is 7.56. The highest BCUT2D eigenvalue weighted by molar-refractivity contribution is 7.92. The summed E-state index contributed by atoms with van der Waals surface area (Å²) in [6.45, 7) is 2.52. The van der Waals surface area contributed by atoms with Gasteiger partial charge in [0.05, 0.1) is 4.90 Å². The highest BCUT2D eigenvalue weighted by atomic mass is 32.2. The second-order valence-electron chi connectivity index (χ2n) is 3.26. The first-order chi connectivity index (χ1) is 5.86. The van der Waals surface area contributed by atoms with Crippen molar-refractivity contribution in [2.45, 2.75) is 23.7 Å². The summed E-state index contributed by atoms with van der Waals surface area (Å²) in [5, 5.41) is 9.41. The fourth-order valence-electron chi connectivity index (χ4n) is 0.888. The van der Waals surface area contributed by atoms with Crippen LogP contribution in [0.15, 0.2) is 35.2 Å². The van der Waals surface area contributed by atoms with Crippen molar-refractivity contribution < 1.29 is 13.5 Å². The molecule has 0 aliphatic rings. The van der Waals surface area contributed by atoms with E-state index < -0.39 is 14.8 Å². The first-order valence-corrected chi connectivity index (χ1v) is 5.36. The van der Waals surface area contributed by atoms with Crippen molar-refractivity contribution in [3.05, 3.63) is 30.3 Å². The molecule has 3 nitrogen and oxygen atoms in total. The lowest BCUT2D eigenvalue weighted by molar-refractivity contribution is 0.165. The van der Waals surface area contributed by atoms with Gasteiger partial charge in [0.1, 0.15) is 0 Å². The molecule has 72 valence electrons. The lowest BCUT2D eigenvalue weighted by Crippen LogP contribution is -2.31. The Morgan fingerprint density at radius 2 is 1.62 bits per heavy atom. The van der Waals surface area contributed by atoms with Gasteiger partial charge in [0.15, 0.2) is 4.93 Å². The molecular formula is C9H12O3S. The number of benzene rings is 1. The normalized spacial score (nSPS) is 12.8. The van der Waals surface area contributed by atoms with Crippen LogP contribution >= 0.6 is 0 Å². The zero-order chi connectivity index (χ0) is 10.1. The molecule has 0 aromatic heterocycles. The Kier molecular flexibility index (Phi) is 2.45.